The molecule has 4 rings (SSSR count). The molecule has 0 saturated carbocycles. The van der Waals surface area contributed by atoms with Crippen molar-refractivity contribution in [3.63, 3.8) is 0 Å². The maximum absolute atomic E-state index is 14.0. The number of hydrogen-bond donors (Lipinski definition) is 5. The number of terminal acetylenes is 1. The van der Waals surface area contributed by atoms with E-state index in [4.69, 9.17) is 11.2 Å². The van der Waals surface area contributed by atoms with E-state index in [1.807, 2.05) is 45.0 Å². The molecule has 1 aliphatic rings. The molecule has 5 amide bonds. The van der Waals surface area contributed by atoms with Crippen molar-refractivity contribution in [2.45, 2.75) is 72.0 Å². The summed E-state index contributed by atoms with van der Waals surface area (Å²) in [6.07, 6.45) is 4.32. The summed E-state index contributed by atoms with van der Waals surface area (Å²) in [4.78, 5) is 70.2. The lowest BCUT2D eigenvalue weighted by atomic mass is 9.85. The summed E-state index contributed by atoms with van der Waals surface area (Å²) in [6.45, 7) is 7.51. The van der Waals surface area contributed by atoms with Crippen LogP contribution in [0.3, 0.4) is 0 Å². The Morgan fingerprint density at radius 2 is 1.67 bits per heavy atom. The number of carbonyl (C=O) groups excluding carboxylic acids is 5. The van der Waals surface area contributed by atoms with Gasteiger partial charge >= 0.3 is 0 Å². The monoisotopic (exact) mass is 716 g/mol. The Morgan fingerprint density at radius 1 is 1.02 bits per heavy atom. The third-order valence-electron chi connectivity index (χ3n) is 8.19. The van der Waals surface area contributed by atoms with Crippen molar-refractivity contribution < 1.29 is 33.8 Å². The molecular formula is C37H44N6O7S. The van der Waals surface area contributed by atoms with E-state index in [0.29, 0.717) is 17.8 Å². The number of aliphatic hydroxyl groups is 1. The minimum atomic E-state index is -0.982. The lowest BCUT2D eigenvalue weighted by molar-refractivity contribution is -0.142. The number of amides is 5. The minimum Gasteiger partial charge on any atom is -0.391 e. The first-order valence-corrected chi connectivity index (χ1v) is 17.3. The van der Waals surface area contributed by atoms with Gasteiger partial charge in [-0.3, -0.25) is 24.0 Å². The van der Waals surface area contributed by atoms with Gasteiger partial charge in [-0.1, -0.05) is 63.1 Å². The number of rotatable bonds is 14. The number of β-amino-alcohol motifs (C(OH)–C–C–N with tert-alkyl or cyclic N) is 1. The first-order valence-electron chi connectivity index (χ1n) is 16.5. The van der Waals surface area contributed by atoms with E-state index in [1.54, 1.807) is 29.8 Å². The van der Waals surface area contributed by atoms with Crippen molar-refractivity contribution >= 4 is 40.9 Å². The fraction of sp³-hybridized carbons (Fsp3) is 0.405. The predicted molar refractivity (Wildman–Crippen MR) is 192 cm³/mol. The van der Waals surface area contributed by atoms with Crippen LogP contribution in [0.4, 0.5) is 0 Å². The zero-order valence-corrected chi connectivity index (χ0v) is 30.0. The van der Waals surface area contributed by atoms with Crippen molar-refractivity contribution in [2.24, 2.45) is 5.41 Å². The summed E-state index contributed by atoms with van der Waals surface area (Å²) in [5.74, 6) is 0.529. The molecule has 1 saturated heterocycles. The molecule has 270 valence electrons. The van der Waals surface area contributed by atoms with Gasteiger partial charge in [-0.05, 0) is 34.2 Å². The van der Waals surface area contributed by atoms with Crippen molar-refractivity contribution in [3.8, 4) is 22.8 Å². The Hall–Kier alpha value is -5.10. The summed E-state index contributed by atoms with van der Waals surface area (Å²) >= 11 is 1.44. The fourth-order valence-corrected chi connectivity index (χ4v) is 6.27. The van der Waals surface area contributed by atoms with E-state index < -0.39 is 41.3 Å². The number of benzene rings is 2. The van der Waals surface area contributed by atoms with Crippen LogP contribution in [-0.2, 0) is 43.6 Å². The number of nitrogens with zero attached hydrogens (tertiary/aromatic N) is 2. The van der Waals surface area contributed by atoms with E-state index in [-0.39, 0.29) is 51.1 Å². The molecule has 0 spiro atoms. The van der Waals surface area contributed by atoms with E-state index in [1.165, 1.54) is 23.2 Å². The lowest BCUT2D eigenvalue weighted by Gasteiger charge is -2.35. The van der Waals surface area contributed by atoms with Gasteiger partial charge in [-0.25, -0.2) is 4.98 Å². The minimum absolute atomic E-state index is 0.0393. The smallest absolute Gasteiger partial charge is 0.251 e. The second-order valence-electron chi connectivity index (χ2n) is 13.3. The molecule has 0 bridgehead atoms. The first kappa shape index (κ1) is 38.7. The highest BCUT2D eigenvalue weighted by Gasteiger charge is 2.44. The summed E-state index contributed by atoms with van der Waals surface area (Å²) in [7, 11) is 0. The van der Waals surface area contributed by atoms with Gasteiger partial charge in [-0.2, -0.15) is 0 Å². The highest BCUT2D eigenvalue weighted by atomic mass is 32.1. The van der Waals surface area contributed by atoms with E-state index >= 15 is 0 Å². The summed E-state index contributed by atoms with van der Waals surface area (Å²) in [5, 5.41) is 21.5. The standard InChI is InChI=1S/C37H44N6O7S/c1-6-15-38-31(46)21-50-20-29-32(51-22-41-29)26-11-7-25(8-12-26)18-40-35(48)30-16-28(45)19-43(30)36(49)33(37(3,4)5)42-34(47)27-13-9-24(10-14-27)17-39-23(2)44/h1,7-14,22,28,30,33,45H,15-21H2,2-5H3,(H,38,46)(H,39,44)(H,40,48)(H,42,47)/t28-,30+,33-/m1/s1. The molecule has 5 N–H and O–H groups in total. The van der Waals surface area contributed by atoms with Crippen LogP contribution >= 0.6 is 11.3 Å². The first-order chi connectivity index (χ1) is 24.3. The van der Waals surface area contributed by atoms with Crippen molar-refractivity contribution in [2.75, 3.05) is 19.7 Å². The average molecular weight is 717 g/mol. The molecule has 0 unspecified atom stereocenters. The number of thiazole rings is 1. The van der Waals surface area contributed by atoms with Crippen LogP contribution in [0, 0.1) is 17.8 Å². The quantitative estimate of drug-likeness (QED) is 0.158. The molecule has 14 heteroatoms. The summed E-state index contributed by atoms with van der Waals surface area (Å²) < 4.78 is 5.50. The molecular weight excluding hydrogens is 673 g/mol. The number of ether oxygens (including phenoxy) is 1. The van der Waals surface area contributed by atoms with Gasteiger partial charge in [0.15, 0.2) is 0 Å². The fourth-order valence-electron chi connectivity index (χ4n) is 5.46. The predicted octanol–water partition coefficient (Wildman–Crippen LogP) is 2.13. The van der Waals surface area contributed by atoms with Crippen LogP contribution in [0.15, 0.2) is 54.0 Å². The van der Waals surface area contributed by atoms with Crippen LogP contribution < -0.4 is 21.3 Å². The molecule has 1 aromatic heterocycles. The second kappa shape index (κ2) is 17.7. The highest BCUT2D eigenvalue weighted by molar-refractivity contribution is 7.13. The lowest BCUT2D eigenvalue weighted by Crippen LogP contribution is -2.57. The van der Waals surface area contributed by atoms with E-state index in [2.05, 4.69) is 32.2 Å². The third kappa shape index (κ3) is 10.9. The van der Waals surface area contributed by atoms with Crippen LogP contribution in [-0.4, -0.2) is 82.4 Å². The Morgan fingerprint density at radius 3 is 2.29 bits per heavy atom. The maximum atomic E-state index is 14.0. The number of aliphatic hydroxyl groups excluding tert-OH is 1. The Kier molecular flexibility index (Phi) is 13.4. The van der Waals surface area contributed by atoms with Gasteiger partial charge in [0, 0.05) is 38.5 Å². The molecule has 0 radical (unpaired) electrons. The van der Waals surface area contributed by atoms with Crippen LogP contribution in [0.2, 0.25) is 0 Å². The van der Waals surface area contributed by atoms with Crippen molar-refractivity contribution in [1.82, 2.24) is 31.2 Å². The molecule has 51 heavy (non-hydrogen) atoms. The molecule has 13 nitrogen and oxygen atoms in total. The number of likely N-dealkylation sites (tertiary alicyclic amines) is 1. The molecule has 3 atom stereocenters. The zero-order valence-electron chi connectivity index (χ0n) is 29.2. The number of hydrogen-bond acceptors (Lipinski definition) is 9. The second-order valence-corrected chi connectivity index (χ2v) is 14.1. The van der Waals surface area contributed by atoms with Gasteiger partial charge in [0.1, 0.15) is 18.7 Å². The topological polar surface area (TPSA) is 179 Å². The molecule has 1 fully saturated rings. The number of aromatic nitrogens is 1. The van der Waals surface area contributed by atoms with Crippen LogP contribution in [0.5, 0.6) is 0 Å². The molecule has 1 aliphatic heterocycles. The average Bonchev–Trinajstić information content (AvgIpc) is 3.74. The van der Waals surface area contributed by atoms with Gasteiger partial charge in [-0.15, -0.1) is 17.8 Å². The van der Waals surface area contributed by atoms with Crippen molar-refractivity contribution in [3.05, 3.63) is 76.4 Å². The Balaban J connectivity index is 1.36. The van der Waals surface area contributed by atoms with E-state index in [0.717, 1.165) is 21.6 Å². The maximum Gasteiger partial charge on any atom is 0.251 e. The van der Waals surface area contributed by atoms with Gasteiger partial charge in [0.25, 0.3) is 5.91 Å². The van der Waals surface area contributed by atoms with Crippen molar-refractivity contribution in [1.29, 1.82) is 0 Å². The third-order valence-corrected chi connectivity index (χ3v) is 9.11. The highest BCUT2D eigenvalue weighted by Crippen LogP contribution is 2.29. The normalized spacial score (nSPS) is 16.1. The largest absolute Gasteiger partial charge is 0.391 e. The Bertz CT molecular complexity index is 1740. The molecule has 2 aromatic carbocycles. The molecule has 3 aromatic rings. The van der Waals surface area contributed by atoms with Crippen LogP contribution in [0.25, 0.3) is 10.4 Å². The zero-order chi connectivity index (χ0) is 37.1. The number of carbonyl (C=O) groups is 5. The van der Waals surface area contributed by atoms with Gasteiger partial charge in [0.2, 0.25) is 23.6 Å². The SMILES string of the molecule is C#CCNC(=O)COCc1ncsc1-c1ccc(CNC(=O)[C@@H]2C[C@@H](O)CN2C(=O)[C@@H](NC(=O)c2ccc(CNC(C)=O)cc2)C(C)(C)C)cc1. The van der Waals surface area contributed by atoms with Crippen LogP contribution in [0.1, 0.15) is 61.3 Å². The van der Waals surface area contributed by atoms with Gasteiger partial charge in [0.05, 0.1) is 35.3 Å². The molecule has 0 aliphatic carbocycles. The summed E-state index contributed by atoms with van der Waals surface area (Å²) in [5.41, 5.74) is 4.55. The van der Waals surface area contributed by atoms with Gasteiger partial charge < -0.3 is 36.0 Å². The summed E-state index contributed by atoms with van der Waals surface area (Å²) in [6, 6.07) is 12.3. The number of nitrogens with one attached hydrogen (secondary N) is 4. The Labute approximate surface area is 301 Å². The molecule has 2 heterocycles. The van der Waals surface area contributed by atoms with E-state index in [9.17, 15) is 29.1 Å².